The van der Waals surface area contributed by atoms with Gasteiger partial charge in [-0.3, -0.25) is 0 Å². The topological polar surface area (TPSA) is 21.3 Å². The van der Waals surface area contributed by atoms with E-state index < -0.39 is 0 Å². The molecule has 1 rings (SSSR count). The lowest BCUT2D eigenvalue weighted by Crippen LogP contribution is -2.26. The lowest BCUT2D eigenvalue weighted by molar-refractivity contribution is 0.123. The molecule has 1 N–H and O–H groups in total. The number of hydrogen-bond acceptors (Lipinski definition) is 2. The highest BCUT2D eigenvalue weighted by Crippen LogP contribution is 2.19. The lowest BCUT2D eigenvalue weighted by atomic mass is 10.0. The third-order valence-electron chi connectivity index (χ3n) is 2.56. The number of likely N-dealkylation sites (N-methyl/N-ethyl adjacent to an activating group) is 1. The zero-order valence-electron chi connectivity index (χ0n) is 10.2. The summed E-state index contributed by atoms with van der Waals surface area (Å²) in [6.45, 7) is 8.08. The minimum absolute atomic E-state index is 0.0700. The predicted octanol–water partition coefficient (Wildman–Crippen LogP) is 2.82. The molecule has 1 aromatic carbocycles. The van der Waals surface area contributed by atoms with E-state index in [1.54, 1.807) is 12.1 Å². The molecule has 0 spiro atoms. The zero-order chi connectivity index (χ0) is 12.0. The minimum atomic E-state index is -0.194. The summed E-state index contributed by atoms with van der Waals surface area (Å²) in [5.41, 5.74) is 2.07. The number of nitrogens with one attached hydrogen (secondary N) is 1. The van der Waals surface area contributed by atoms with Gasteiger partial charge in [0.05, 0.1) is 12.6 Å². The monoisotopic (exact) mass is 225 g/mol. The molecule has 1 unspecified atom stereocenters. The van der Waals surface area contributed by atoms with Gasteiger partial charge in [0.1, 0.15) is 5.82 Å². The maximum absolute atomic E-state index is 13.2. The average Bonchev–Trinajstić information content (AvgIpc) is 2.28. The average molecular weight is 225 g/mol. The van der Waals surface area contributed by atoms with Gasteiger partial charge in [0.15, 0.2) is 0 Å². The minimum Gasteiger partial charge on any atom is -0.380 e. The number of benzene rings is 1. The van der Waals surface area contributed by atoms with E-state index in [1.165, 1.54) is 6.07 Å². The van der Waals surface area contributed by atoms with Crippen LogP contribution in [0.5, 0.6) is 0 Å². The van der Waals surface area contributed by atoms with Gasteiger partial charge in [-0.1, -0.05) is 13.0 Å². The predicted molar refractivity (Wildman–Crippen MR) is 64.0 cm³/mol. The SMILES string of the molecule is CCNC(COCC)c1cc(F)ccc1C. The Morgan fingerprint density at radius 1 is 1.38 bits per heavy atom. The van der Waals surface area contributed by atoms with Crippen LogP contribution in [0.2, 0.25) is 0 Å². The van der Waals surface area contributed by atoms with Crippen LogP contribution in [0.15, 0.2) is 18.2 Å². The second-order valence-electron chi connectivity index (χ2n) is 3.77. The van der Waals surface area contributed by atoms with E-state index in [0.29, 0.717) is 13.2 Å². The quantitative estimate of drug-likeness (QED) is 0.803. The van der Waals surface area contributed by atoms with Gasteiger partial charge < -0.3 is 10.1 Å². The van der Waals surface area contributed by atoms with Gasteiger partial charge in [-0.15, -0.1) is 0 Å². The first kappa shape index (κ1) is 13.1. The standard InChI is InChI=1S/C13H20FNO/c1-4-15-13(9-16-5-2)12-8-11(14)7-6-10(12)3/h6-8,13,15H,4-5,9H2,1-3H3. The van der Waals surface area contributed by atoms with Crippen molar-refractivity contribution in [3.8, 4) is 0 Å². The summed E-state index contributed by atoms with van der Waals surface area (Å²) in [5.74, 6) is -0.194. The third kappa shape index (κ3) is 3.58. The third-order valence-corrected chi connectivity index (χ3v) is 2.56. The maximum atomic E-state index is 13.2. The van der Waals surface area contributed by atoms with Gasteiger partial charge in [-0.25, -0.2) is 4.39 Å². The Labute approximate surface area is 96.8 Å². The molecule has 3 heteroatoms. The summed E-state index contributed by atoms with van der Waals surface area (Å²) in [5, 5.41) is 3.31. The molecule has 1 aromatic rings. The fraction of sp³-hybridized carbons (Fsp3) is 0.538. The Morgan fingerprint density at radius 3 is 2.75 bits per heavy atom. The first-order chi connectivity index (χ1) is 7.69. The zero-order valence-corrected chi connectivity index (χ0v) is 10.2. The van der Waals surface area contributed by atoms with Crippen LogP contribution in [0, 0.1) is 12.7 Å². The van der Waals surface area contributed by atoms with Crippen LogP contribution in [0.4, 0.5) is 4.39 Å². The van der Waals surface area contributed by atoms with E-state index in [1.807, 2.05) is 20.8 Å². The highest BCUT2D eigenvalue weighted by Gasteiger charge is 2.13. The Hall–Kier alpha value is -0.930. The summed E-state index contributed by atoms with van der Waals surface area (Å²) in [6.07, 6.45) is 0. The second kappa shape index (κ2) is 6.61. The Morgan fingerprint density at radius 2 is 2.12 bits per heavy atom. The van der Waals surface area contributed by atoms with Crippen molar-refractivity contribution in [2.45, 2.75) is 26.8 Å². The summed E-state index contributed by atoms with van der Waals surface area (Å²) >= 11 is 0. The molecule has 0 amide bonds. The van der Waals surface area contributed by atoms with Crippen molar-refractivity contribution >= 4 is 0 Å². The molecule has 1 atom stereocenters. The number of hydrogen-bond donors (Lipinski definition) is 1. The van der Waals surface area contributed by atoms with Crippen LogP contribution < -0.4 is 5.32 Å². The van der Waals surface area contributed by atoms with Crippen molar-refractivity contribution < 1.29 is 9.13 Å². The molecule has 16 heavy (non-hydrogen) atoms. The van der Waals surface area contributed by atoms with E-state index in [0.717, 1.165) is 17.7 Å². The summed E-state index contributed by atoms with van der Waals surface area (Å²) in [6, 6.07) is 4.95. The molecule has 0 saturated heterocycles. The Bertz CT molecular complexity index is 328. The van der Waals surface area contributed by atoms with Gasteiger partial charge in [0, 0.05) is 6.61 Å². The fourth-order valence-electron chi connectivity index (χ4n) is 1.73. The first-order valence-electron chi connectivity index (χ1n) is 5.76. The van der Waals surface area contributed by atoms with E-state index >= 15 is 0 Å². The van der Waals surface area contributed by atoms with Crippen LogP contribution in [0.3, 0.4) is 0 Å². The molecule has 0 bridgehead atoms. The molecular formula is C13H20FNO. The molecule has 90 valence electrons. The summed E-state index contributed by atoms with van der Waals surface area (Å²) in [4.78, 5) is 0. The van der Waals surface area contributed by atoms with E-state index in [-0.39, 0.29) is 11.9 Å². The normalized spacial score (nSPS) is 12.8. The molecular weight excluding hydrogens is 205 g/mol. The Balaban J connectivity index is 2.85. The highest BCUT2D eigenvalue weighted by molar-refractivity contribution is 5.29. The number of ether oxygens (including phenoxy) is 1. The van der Waals surface area contributed by atoms with Crippen molar-refractivity contribution in [3.05, 3.63) is 35.1 Å². The van der Waals surface area contributed by atoms with Gasteiger partial charge in [0.2, 0.25) is 0 Å². The molecule has 0 aromatic heterocycles. The molecule has 0 heterocycles. The van der Waals surface area contributed by atoms with E-state index in [2.05, 4.69) is 5.32 Å². The van der Waals surface area contributed by atoms with Crippen LogP contribution in [-0.2, 0) is 4.74 Å². The van der Waals surface area contributed by atoms with E-state index in [4.69, 9.17) is 4.74 Å². The van der Waals surface area contributed by atoms with Gasteiger partial charge >= 0.3 is 0 Å². The lowest BCUT2D eigenvalue weighted by Gasteiger charge is -2.20. The Kier molecular flexibility index (Phi) is 5.43. The van der Waals surface area contributed by atoms with Crippen LogP contribution >= 0.6 is 0 Å². The summed E-state index contributed by atoms with van der Waals surface area (Å²) < 4.78 is 18.6. The van der Waals surface area contributed by atoms with Crippen molar-refractivity contribution in [2.75, 3.05) is 19.8 Å². The molecule has 0 radical (unpaired) electrons. The van der Waals surface area contributed by atoms with Crippen molar-refractivity contribution in [2.24, 2.45) is 0 Å². The molecule has 0 aliphatic rings. The van der Waals surface area contributed by atoms with Crippen LogP contribution in [0.1, 0.15) is 31.0 Å². The fourth-order valence-corrected chi connectivity index (χ4v) is 1.73. The van der Waals surface area contributed by atoms with Crippen LogP contribution in [-0.4, -0.2) is 19.8 Å². The van der Waals surface area contributed by atoms with Crippen molar-refractivity contribution in [3.63, 3.8) is 0 Å². The summed E-state index contributed by atoms with van der Waals surface area (Å²) in [7, 11) is 0. The second-order valence-corrected chi connectivity index (χ2v) is 3.77. The van der Waals surface area contributed by atoms with Crippen molar-refractivity contribution in [1.29, 1.82) is 0 Å². The molecule has 0 saturated carbocycles. The number of halogens is 1. The van der Waals surface area contributed by atoms with Gasteiger partial charge in [-0.2, -0.15) is 0 Å². The maximum Gasteiger partial charge on any atom is 0.123 e. The molecule has 0 aliphatic carbocycles. The molecule has 2 nitrogen and oxygen atoms in total. The molecule has 0 fully saturated rings. The number of rotatable bonds is 6. The van der Waals surface area contributed by atoms with Gasteiger partial charge in [0.25, 0.3) is 0 Å². The highest BCUT2D eigenvalue weighted by atomic mass is 19.1. The van der Waals surface area contributed by atoms with Gasteiger partial charge in [-0.05, 0) is 43.7 Å². The van der Waals surface area contributed by atoms with Crippen molar-refractivity contribution in [1.82, 2.24) is 5.32 Å². The van der Waals surface area contributed by atoms with E-state index in [9.17, 15) is 4.39 Å². The first-order valence-corrected chi connectivity index (χ1v) is 5.76. The number of aryl methyl sites for hydroxylation is 1. The smallest absolute Gasteiger partial charge is 0.123 e. The largest absolute Gasteiger partial charge is 0.380 e. The van der Waals surface area contributed by atoms with Crippen LogP contribution in [0.25, 0.3) is 0 Å². The molecule has 0 aliphatic heterocycles.